The van der Waals surface area contributed by atoms with Crippen LogP contribution in [0.5, 0.6) is 11.5 Å². The second-order valence-corrected chi connectivity index (χ2v) is 7.40. The molecule has 2 aromatic carbocycles. The van der Waals surface area contributed by atoms with Crippen molar-refractivity contribution in [3.8, 4) is 11.5 Å². The maximum absolute atomic E-state index is 12.9. The monoisotopic (exact) mass is 413 g/mol. The summed E-state index contributed by atoms with van der Waals surface area (Å²) in [6, 6.07) is 14.9. The molecule has 0 saturated carbocycles. The van der Waals surface area contributed by atoms with Gasteiger partial charge < -0.3 is 25.4 Å². The number of nitrogens with one attached hydrogen (secondary N) is 1. The molecule has 0 bridgehead atoms. The Kier molecular flexibility index (Phi) is 8.53. The first-order chi connectivity index (χ1) is 14.3. The molecule has 1 unspecified atom stereocenters. The van der Waals surface area contributed by atoms with Crippen molar-refractivity contribution in [2.75, 3.05) is 32.2 Å². The molecule has 0 spiro atoms. The molecular formula is C23H31N3O4. The highest BCUT2D eigenvalue weighted by molar-refractivity contribution is 5.82. The molecule has 0 aliphatic heterocycles. The van der Waals surface area contributed by atoms with Crippen molar-refractivity contribution in [1.29, 1.82) is 0 Å². The van der Waals surface area contributed by atoms with Gasteiger partial charge in [0.25, 0.3) is 0 Å². The second kappa shape index (κ2) is 11.1. The minimum absolute atomic E-state index is 0.110. The summed E-state index contributed by atoms with van der Waals surface area (Å²) in [5.74, 6) is 1.14. The molecule has 1 atom stereocenters. The van der Waals surface area contributed by atoms with Crippen molar-refractivity contribution in [3.63, 3.8) is 0 Å². The summed E-state index contributed by atoms with van der Waals surface area (Å²) in [7, 11) is 3.22. The number of rotatable bonds is 11. The average Bonchev–Trinajstić information content (AvgIpc) is 2.75. The molecule has 2 rings (SSSR count). The highest BCUT2D eigenvalue weighted by Crippen LogP contribution is 2.24. The van der Waals surface area contributed by atoms with Gasteiger partial charge in [0.1, 0.15) is 11.5 Å². The van der Waals surface area contributed by atoms with Crippen LogP contribution in [-0.2, 0) is 9.59 Å². The van der Waals surface area contributed by atoms with Crippen molar-refractivity contribution in [1.82, 2.24) is 5.32 Å². The van der Waals surface area contributed by atoms with Crippen LogP contribution in [0.4, 0.5) is 5.69 Å². The van der Waals surface area contributed by atoms with E-state index in [1.165, 1.54) is 0 Å². The third kappa shape index (κ3) is 6.69. The molecular weight excluding hydrogens is 382 g/mol. The fourth-order valence-electron chi connectivity index (χ4n) is 3.18. The molecule has 7 heteroatoms. The fourth-order valence-corrected chi connectivity index (χ4v) is 3.18. The van der Waals surface area contributed by atoms with E-state index in [0.29, 0.717) is 6.54 Å². The minimum atomic E-state index is -0.410. The fraction of sp³-hybridized carbons (Fsp3) is 0.391. The van der Waals surface area contributed by atoms with Gasteiger partial charge in [-0.1, -0.05) is 26.0 Å². The molecule has 0 aromatic heterocycles. The summed E-state index contributed by atoms with van der Waals surface area (Å²) in [4.78, 5) is 26.0. The minimum Gasteiger partial charge on any atom is -0.497 e. The molecule has 0 aliphatic rings. The van der Waals surface area contributed by atoms with E-state index < -0.39 is 5.91 Å². The summed E-state index contributed by atoms with van der Waals surface area (Å²) in [5.41, 5.74) is 7.14. The van der Waals surface area contributed by atoms with Crippen LogP contribution < -0.4 is 25.4 Å². The van der Waals surface area contributed by atoms with Crippen molar-refractivity contribution in [3.05, 3.63) is 54.1 Å². The van der Waals surface area contributed by atoms with E-state index in [2.05, 4.69) is 19.2 Å². The second-order valence-electron chi connectivity index (χ2n) is 7.40. The van der Waals surface area contributed by atoms with Crippen LogP contribution in [-0.4, -0.2) is 39.1 Å². The number of amides is 2. The summed E-state index contributed by atoms with van der Waals surface area (Å²) >= 11 is 0. The maximum atomic E-state index is 12.9. The number of nitrogens with zero attached hydrogens (tertiary/aromatic N) is 1. The van der Waals surface area contributed by atoms with Crippen molar-refractivity contribution in [2.45, 2.75) is 26.3 Å². The molecule has 7 nitrogen and oxygen atoms in total. The molecule has 2 amide bonds. The standard InChI is InChI=1S/C23H31N3O4/c1-16(2)23(17-5-9-19(29-3)10-6-17)25-22(28)15-26(14-13-21(24)27)18-7-11-20(30-4)12-8-18/h5-12,16,23H,13-15H2,1-4H3,(H2,24,27)(H,25,28). The molecule has 0 heterocycles. The van der Waals surface area contributed by atoms with Crippen LogP contribution in [0.25, 0.3) is 0 Å². The van der Waals surface area contributed by atoms with E-state index in [1.54, 1.807) is 14.2 Å². The van der Waals surface area contributed by atoms with Crippen LogP contribution in [0.15, 0.2) is 48.5 Å². The molecule has 0 aliphatic carbocycles. The van der Waals surface area contributed by atoms with E-state index in [1.807, 2.05) is 53.4 Å². The zero-order valence-corrected chi connectivity index (χ0v) is 18.1. The number of carbonyl (C=O) groups excluding carboxylic acids is 2. The number of ether oxygens (including phenoxy) is 2. The van der Waals surface area contributed by atoms with Crippen LogP contribution in [0.2, 0.25) is 0 Å². The van der Waals surface area contributed by atoms with Gasteiger partial charge >= 0.3 is 0 Å². The topological polar surface area (TPSA) is 93.9 Å². The van der Waals surface area contributed by atoms with Gasteiger partial charge in [0.2, 0.25) is 11.8 Å². The Balaban J connectivity index is 2.13. The molecule has 0 saturated heterocycles. The largest absolute Gasteiger partial charge is 0.497 e. The van der Waals surface area contributed by atoms with Crippen LogP contribution in [0.3, 0.4) is 0 Å². The Morgan fingerprint density at radius 2 is 1.50 bits per heavy atom. The van der Waals surface area contributed by atoms with Gasteiger partial charge in [-0.25, -0.2) is 0 Å². The van der Waals surface area contributed by atoms with E-state index >= 15 is 0 Å². The highest BCUT2D eigenvalue weighted by Gasteiger charge is 2.20. The van der Waals surface area contributed by atoms with E-state index in [-0.39, 0.29) is 30.8 Å². The van der Waals surface area contributed by atoms with Gasteiger partial charge in [-0.3, -0.25) is 9.59 Å². The van der Waals surface area contributed by atoms with Gasteiger partial charge in [0.15, 0.2) is 0 Å². The van der Waals surface area contributed by atoms with E-state index in [4.69, 9.17) is 15.2 Å². The lowest BCUT2D eigenvalue weighted by atomic mass is 9.96. The molecule has 0 fully saturated rings. The molecule has 0 radical (unpaired) electrons. The lowest BCUT2D eigenvalue weighted by molar-refractivity contribution is -0.121. The van der Waals surface area contributed by atoms with Crippen molar-refractivity contribution >= 4 is 17.5 Å². The maximum Gasteiger partial charge on any atom is 0.240 e. The van der Waals surface area contributed by atoms with Crippen LogP contribution >= 0.6 is 0 Å². The first-order valence-electron chi connectivity index (χ1n) is 9.94. The van der Waals surface area contributed by atoms with Gasteiger partial charge in [-0.15, -0.1) is 0 Å². The summed E-state index contributed by atoms with van der Waals surface area (Å²) in [6.07, 6.45) is 0.158. The Morgan fingerprint density at radius 1 is 0.967 bits per heavy atom. The Hall–Kier alpha value is -3.22. The van der Waals surface area contributed by atoms with Crippen molar-refractivity contribution < 1.29 is 19.1 Å². The summed E-state index contributed by atoms with van der Waals surface area (Å²) < 4.78 is 10.4. The normalized spacial score (nSPS) is 11.6. The number of hydrogen-bond acceptors (Lipinski definition) is 5. The number of benzene rings is 2. The number of nitrogens with two attached hydrogens (primary N) is 1. The number of anilines is 1. The smallest absolute Gasteiger partial charge is 0.240 e. The third-order valence-electron chi connectivity index (χ3n) is 4.86. The highest BCUT2D eigenvalue weighted by atomic mass is 16.5. The third-order valence-corrected chi connectivity index (χ3v) is 4.86. The van der Waals surface area contributed by atoms with Gasteiger partial charge in [0.05, 0.1) is 26.8 Å². The average molecular weight is 414 g/mol. The summed E-state index contributed by atoms with van der Waals surface area (Å²) in [6.45, 7) is 4.58. The van der Waals surface area contributed by atoms with Gasteiger partial charge in [0, 0.05) is 18.7 Å². The Labute approximate surface area is 178 Å². The van der Waals surface area contributed by atoms with Crippen molar-refractivity contribution in [2.24, 2.45) is 11.7 Å². The summed E-state index contributed by atoms with van der Waals surface area (Å²) in [5, 5.41) is 3.12. The van der Waals surface area contributed by atoms with Crippen LogP contribution in [0, 0.1) is 5.92 Å². The van der Waals surface area contributed by atoms with Gasteiger partial charge in [-0.05, 0) is 47.9 Å². The number of methoxy groups -OCH3 is 2. The lowest BCUT2D eigenvalue weighted by Crippen LogP contribution is -2.41. The predicted molar refractivity (Wildman–Crippen MR) is 118 cm³/mol. The zero-order valence-electron chi connectivity index (χ0n) is 18.1. The molecule has 162 valence electrons. The Bertz CT molecular complexity index is 819. The quantitative estimate of drug-likeness (QED) is 0.591. The predicted octanol–water partition coefficient (Wildman–Crippen LogP) is 2.90. The van der Waals surface area contributed by atoms with E-state index in [0.717, 1.165) is 22.7 Å². The first-order valence-corrected chi connectivity index (χ1v) is 9.94. The van der Waals surface area contributed by atoms with E-state index in [9.17, 15) is 9.59 Å². The number of hydrogen-bond donors (Lipinski definition) is 2. The molecule has 30 heavy (non-hydrogen) atoms. The Morgan fingerprint density at radius 3 is 1.97 bits per heavy atom. The van der Waals surface area contributed by atoms with Gasteiger partial charge in [-0.2, -0.15) is 0 Å². The SMILES string of the molecule is COc1ccc(C(NC(=O)CN(CCC(N)=O)c2ccc(OC)cc2)C(C)C)cc1. The zero-order chi connectivity index (χ0) is 22.1. The van der Waals surface area contributed by atoms with Crippen LogP contribution in [0.1, 0.15) is 31.9 Å². The molecule has 2 aromatic rings. The number of carbonyl (C=O) groups is 2. The molecule has 3 N–H and O–H groups in total. The first kappa shape index (κ1) is 23.1. The lowest BCUT2D eigenvalue weighted by Gasteiger charge is -2.27. The number of primary amides is 1.